The maximum absolute atomic E-state index is 12.8. The van der Waals surface area contributed by atoms with Crippen molar-refractivity contribution >= 4 is 9.84 Å². The fourth-order valence-electron chi connectivity index (χ4n) is 1.71. The lowest BCUT2D eigenvalue weighted by Crippen LogP contribution is -2.05. The number of sulfone groups is 1. The van der Waals surface area contributed by atoms with Crippen molar-refractivity contribution < 1.29 is 17.2 Å². The summed E-state index contributed by atoms with van der Waals surface area (Å²) in [5, 5.41) is 7.56. The van der Waals surface area contributed by atoms with Gasteiger partial charge >= 0.3 is 0 Å². The summed E-state index contributed by atoms with van der Waals surface area (Å²) in [5.74, 6) is 0.0244. The second kappa shape index (κ2) is 4.41. The second-order valence-corrected chi connectivity index (χ2v) is 6.51. The van der Waals surface area contributed by atoms with E-state index in [0.717, 1.165) is 25.0 Å². The smallest absolute Gasteiger partial charge is 0.231 e. The molecule has 0 unspecified atom stereocenters. The third-order valence-corrected chi connectivity index (χ3v) is 4.51. The van der Waals surface area contributed by atoms with Crippen molar-refractivity contribution in [2.75, 3.05) is 0 Å². The van der Waals surface area contributed by atoms with Gasteiger partial charge in [-0.25, -0.2) is 12.8 Å². The Morgan fingerprint density at radius 3 is 2.53 bits per heavy atom. The minimum absolute atomic E-state index is 0.0417. The number of rotatable bonds is 4. The lowest BCUT2D eigenvalue weighted by molar-refractivity contribution is 0.462. The van der Waals surface area contributed by atoms with Crippen molar-refractivity contribution in [3.63, 3.8) is 0 Å². The highest BCUT2D eigenvalue weighted by Crippen LogP contribution is 2.39. The van der Waals surface area contributed by atoms with Crippen LogP contribution in [-0.2, 0) is 15.6 Å². The minimum atomic E-state index is -3.58. The fraction of sp³-hybridized carbons (Fsp3) is 0.333. The SMILES string of the molecule is O=S(=O)(Cc1nnc(C2CC2)o1)c1ccc(F)cc1. The van der Waals surface area contributed by atoms with Crippen LogP contribution in [0.5, 0.6) is 0 Å². The van der Waals surface area contributed by atoms with Gasteiger partial charge in [-0.05, 0) is 37.1 Å². The van der Waals surface area contributed by atoms with E-state index in [1.165, 1.54) is 12.1 Å². The van der Waals surface area contributed by atoms with Gasteiger partial charge in [-0.3, -0.25) is 0 Å². The van der Waals surface area contributed by atoms with Crippen molar-refractivity contribution in [2.45, 2.75) is 29.4 Å². The van der Waals surface area contributed by atoms with E-state index >= 15 is 0 Å². The van der Waals surface area contributed by atoms with E-state index in [9.17, 15) is 12.8 Å². The summed E-state index contributed by atoms with van der Waals surface area (Å²) in [6.45, 7) is 0. The Balaban J connectivity index is 1.81. The first-order valence-corrected chi connectivity index (χ1v) is 7.50. The molecule has 0 bridgehead atoms. The average molecular weight is 282 g/mol. The van der Waals surface area contributed by atoms with Gasteiger partial charge in [-0.15, -0.1) is 10.2 Å². The summed E-state index contributed by atoms with van der Waals surface area (Å²) in [6, 6.07) is 4.67. The molecule has 1 saturated carbocycles. The summed E-state index contributed by atoms with van der Waals surface area (Å²) < 4.78 is 42.2. The Kier molecular flexibility index (Phi) is 2.85. The molecule has 0 aliphatic heterocycles. The molecule has 5 nitrogen and oxygen atoms in total. The molecule has 1 aliphatic rings. The topological polar surface area (TPSA) is 73.1 Å². The minimum Gasteiger partial charge on any atom is -0.424 e. The summed E-state index contributed by atoms with van der Waals surface area (Å²) in [7, 11) is -3.58. The first-order chi connectivity index (χ1) is 9.04. The predicted octanol–water partition coefficient (Wildman–Crippen LogP) is 2.06. The largest absolute Gasteiger partial charge is 0.424 e. The van der Waals surface area contributed by atoms with Gasteiger partial charge in [0.05, 0.1) is 4.90 Å². The van der Waals surface area contributed by atoms with Crippen LogP contribution >= 0.6 is 0 Å². The van der Waals surface area contributed by atoms with Gasteiger partial charge < -0.3 is 4.42 Å². The van der Waals surface area contributed by atoms with Crippen LogP contribution in [0.3, 0.4) is 0 Å². The van der Waals surface area contributed by atoms with Crippen LogP contribution < -0.4 is 0 Å². The molecule has 1 fully saturated rings. The Hall–Kier alpha value is -1.76. The molecule has 7 heteroatoms. The van der Waals surface area contributed by atoms with E-state index in [-0.39, 0.29) is 22.5 Å². The van der Waals surface area contributed by atoms with E-state index in [2.05, 4.69) is 10.2 Å². The van der Waals surface area contributed by atoms with Gasteiger partial charge in [0, 0.05) is 5.92 Å². The molecule has 2 aromatic rings. The van der Waals surface area contributed by atoms with E-state index in [1.807, 2.05) is 0 Å². The molecule has 0 saturated heterocycles. The molecule has 0 spiro atoms. The van der Waals surface area contributed by atoms with Crippen LogP contribution in [0, 0.1) is 5.82 Å². The molecule has 3 rings (SSSR count). The quantitative estimate of drug-likeness (QED) is 0.802. The van der Waals surface area contributed by atoms with Gasteiger partial charge in [-0.2, -0.15) is 0 Å². The van der Waals surface area contributed by atoms with Crippen molar-refractivity contribution in [1.29, 1.82) is 0 Å². The van der Waals surface area contributed by atoms with Crippen LogP contribution in [0.1, 0.15) is 30.5 Å². The Morgan fingerprint density at radius 1 is 1.21 bits per heavy atom. The molecule has 1 aliphatic carbocycles. The molecule has 1 heterocycles. The monoisotopic (exact) mass is 282 g/mol. The molecule has 1 aromatic carbocycles. The van der Waals surface area contributed by atoms with E-state index in [1.54, 1.807) is 0 Å². The number of aromatic nitrogens is 2. The Labute approximate surface area is 109 Å². The molecule has 1 aromatic heterocycles. The third-order valence-electron chi connectivity index (χ3n) is 2.90. The lowest BCUT2D eigenvalue weighted by atomic mass is 10.4. The number of nitrogens with zero attached hydrogens (tertiary/aromatic N) is 2. The van der Waals surface area contributed by atoms with E-state index < -0.39 is 15.7 Å². The molecule has 0 N–H and O–H groups in total. The van der Waals surface area contributed by atoms with Crippen LogP contribution in [0.25, 0.3) is 0 Å². The van der Waals surface area contributed by atoms with Gasteiger partial charge in [0.1, 0.15) is 11.6 Å². The van der Waals surface area contributed by atoms with Crippen molar-refractivity contribution in [2.24, 2.45) is 0 Å². The van der Waals surface area contributed by atoms with Crippen LogP contribution in [0.2, 0.25) is 0 Å². The molecule has 0 amide bonds. The molecule has 0 atom stereocenters. The Morgan fingerprint density at radius 2 is 1.89 bits per heavy atom. The van der Waals surface area contributed by atoms with Gasteiger partial charge in [0.15, 0.2) is 9.84 Å². The van der Waals surface area contributed by atoms with Gasteiger partial charge in [0.25, 0.3) is 0 Å². The van der Waals surface area contributed by atoms with Crippen LogP contribution in [0.15, 0.2) is 33.6 Å². The number of hydrogen-bond acceptors (Lipinski definition) is 5. The van der Waals surface area contributed by atoms with Gasteiger partial charge in [-0.1, -0.05) is 0 Å². The number of halogens is 1. The first kappa shape index (κ1) is 12.3. The first-order valence-electron chi connectivity index (χ1n) is 5.85. The second-order valence-electron chi connectivity index (χ2n) is 4.52. The van der Waals surface area contributed by atoms with E-state index in [0.29, 0.717) is 5.89 Å². The highest BCUT2D eigenvalue weighted by Gasteiger charge is 2.30. The Bertz CT molecular complexity index is 690. The summed E-state index contributed by atoms with van der Waals surface area (Å²) in [4.78, 5) is 0.0417. The average Bonchev–Trinajstić information content (AvgIpc) is 3.11. The normalized spacial score (nSPS) is 15.6. The number of benzene rings is 1. The highest BCUT2D eigenvalue weighted by molar-refractivity contribution is 7.90. The van der Waals surface area contributed by atoms with Crippen molar-refractivity contribution in [1.82, 2.24) is 10.2 Å². The molecule has 100 valence electrons. The maximum atomic E-state index is 12.8. The fourth-order valence-corrected chi connectivity index (χ4v) is 2.87. The van der Waals surface area contributed by atoms with Crippen LogP contribution in [0.4, 0.5) is 4.39 Å². The summed E-state index contributed by atoms with van der Waals surface area (Å²) in [6.07, 6.45) is 2.01. The van der Waals surface area contributed by atoms with Crippen LogP contribution in [-0.4, -0.2) is 18.6 Å². The zero-order valence-electron chi connectivity index (χ0n) is 9.91. The maximum Gasteiger partial charge on any atom is 0.231 e. The summed E-state index contributed by atoms with van der Waals surface area (Å²) >= 11 is 0. The van der Waals surface area contributed by atoms with Crippen molar-refractivity contribution in [3.8, 4) is 0 Å². The van der Waals surface area contributed by atoms with Crippen molar-refractivity contribution in [3.05, 3.63) is 41.9 Å². The molecule has 19 heavy (non-hydrogen) atoms. The van der Waals surface area contributed by atoms with Gasteiger partial charge in [0.2, 0.25) is 11.8 Å². The van der Waals surface area contributed by atoms with E-state index in [4.69, 9.17) is 4.42 Å². The standard InChI is InChI=1S/C12H11FN2O3S/c13-9-3-5-10(6-4-9)19(16,17)7-11-14-15-12(18-11)8-1-2-8/h3-6,8H,1-2,7H2. The zero-order chi connectivity index (χ0) is 13.5. The lowest BCUT2D eigenvalue weighted by Gasteiger charge is -2.01. The molecule has 0 radical (unpaired) electrons. The highest BCUT2D eigenvalue weighted by atomic mass is 32.2. The number of hydrogen-bond donors (Lipinski definition) is 0. The third kappa shape index (κ3) is 2.65. The molecular formula is C12H11FN2O3S. The predicted molar refractivity (Wildman–Crippen MR) is 63.6 cm³/mol. The molecular weight excluding hydrogens is 271 g/mol. The zero-order valence-corrected chi connectivity index (χ0v) is 10.7. The summed E-state index contributed by atoms with van der Waals surface area (Å²) in [5.41, 5.74) is 0.